The van der Waals surface area contributed by atoms with Gasteiger partial charge in [-0.25, -0.2) is 0 Å². The molecule has 0 unspecified atom stereocenters. The zero-order chi connectivity index (χ0) is 15.9. The van der Waals surface area contributed by atoms with Crippen LogP contribution < -0.4 is 14.4 Å². The van der Waals surface area contributed by atoms with E-state index < -0.39 is 0 Å². The third kappa shape index (κ3) is 2.14. The van der Waals surface area contributed by atoms with Crippen LogP contribution in [-0.2, 0) is 0 Å². The summed E-state index contributed by atoms with van der Waals surface area (Å²) in [5.41, 5.74) is 1.86. The van der Waals surface area contributed by atoms with Gasteiger partial charge in [-0.15, -0.1) is 14.8 Å². The van der Waals surface area contributed by atoms with Crippen molar-refractivity contribution >= 4 is 11.5 Å². The van der Waals surface area contributed by atoms with Gasteiger partial charge in [-0.2, -0.15) is 0 Å². The Bertz CT molecular complexity index is 895. The van der Waals surface area contributed by atoms with Crippen LogP contribution in [0.2, 0.25) is 0 Å². The fourth-order valence-electron chi connectivity index (χ4n) is 3.45. The number of hydrogen-bond acceptors (Lipinski definition) is 7. The maximum atomic E-state index is 5.72. The second-order valence-corrected chi connectivity index (χ2v) is 5.97. The van der Waals surface area contributed by atoms with Gasteiger partial charge < -0.3 is 14.4 Å². The molecule has 8 heteroatoms. The fraction of sp³-hybridized carbons (Fsp3) is 0.375. The number of nitrogens with zero attached hydrogens (tertiary/aromatic N) is 6. The third-order valence-electron chi connectivity index (χ3n) is 4.55. The zero-order valence-corrected chi connectivity index (χ0v) is 13.0. The van der Waals surface area contributed by atoms with Gasteiger partial charge in [0.2, 0.25) is 0 Å². The van der Waals surface area contributed by atoms with Crippen molar-refractivity contribution < 1.29 is 9.47 Å². The Morgan fingerprint density at radius 1 is 1.04 bits per heavy atom. The summed E-state index contributed by atoms with van der Waals surface area (Å²) < 4.78 is 12.8. The summed E-state index contributed by atoms with van der Waals surface area (Å²) in [6, 6.07) is 10.3. The molecule has 3 aromatic rings. The van der Waals surface area contributed by atoms with Gasteiger partial charge >= 0.3 is 0 Å². The molecule has 1 atom stereocenters. The molecule has 24 heavy (non-hydrogen) atoms. The van der Waals surface area contributed by atoms with E-state index in [2.05, 4.69) is 37.7 Å². The number of hydrogen-bond donors (Lipinski definition) is 0. The molecule has 0 amide bonds. The Hall–Kier alpha value is -2.90. The lowest BCUT2D eigenvalue weighted by Gasteiger charge is -2.27. The summed E-state index contributed by atoms with van der Waals surface area (Å²) >= 11 is 0. The van der Waals surface area contributed by atoms with Crippen molar-refractivity contribution in [2.75, 3.05) is 24.7 Å². The maximum Gasteiger partial charge on any atom is 0.200 e. The SMILES string of the molecule is c1cc2c(cc1[C@@H]1CCCN1c1ccc3nnnn3n1)OCCO2. The predicted molar refractivity (Wildman–Crippen MR) is 85.3 cm³/mol. The van der Waals surface area contributed by atoms with E-state index >= 15 is 0 Å². The van der Waals surface area contributed by atoms with Crippen molar-refractivity contribution in [3.63, 3.8) is 0 Å². The molecule has 0 spiro atoms. The summed E-state index contributed by atoms with van der Waals surface area (Å²) in [5, 5.41) is 16.0. The first-order chi connectivity index (χ1) is 11.9. The van der Waals surface area contributed by atoms with E-state index in [9.17, 15) is 0 Å². The van der Waals surface area contributed by atoms with Gasteiger partial charge in [-0.3, -0.25) is 0 Å². The van der Waals surface area contributed by atoms with Crippen LogP contribution in [0.3, 0.4) is 0 Å². The van der Waals surface area contributed by atoms with Crippen molar-refractivity contribution in [2.24, 2.45) is 0 Å². The number of benzene rings is 1. The molecule has 0 saturated carbocycles. The largest absolute Gasteiger partial charge is 0.486 e. The van der Waals surface area contributed by atoms with Crippen LogP contribution in [0, 0.1) is 0 Å². The zero-order valence-electron chi connectivity index (χ0n) is 13.0. The quantitative estimate of drug-likeness (QED) is 0.709. The number of aromatic nitrogens is 5. The highest BCUT2D eigenvalue weighted by molar-refractivity contribution is 5.50. The molecule has 2 aliphatic heterocycles. The van der Waals surface area contributed by atoms with Crippen molar-refractivity contribution in [2.45, 2.75) is 18.9 Å². The molecule has 4 heterocycles. The van der Waals surface area contributed by atoms with Gasteiger partial charge in [0, 0.05) is 6.54 Å². The normalized spacial score (nSPS) is 19.8. The first-order valence-corrected chi connectivity index (χ1v) is 8.10. The fourth-order valence-corrected chi connectivity index (χ4v) is 3.45. The van der Waals surface area contributed by atoms with Crippen LogP contribution in [-0.4, -0.2) is 45.0 Å². The van der Waals surface area contributed by atoms with Crippen molar-refractivity contribution in [1.29, 1.82) is 0 Å². The second kappa shape index (κ2) is 5.33. The molecule has 0 bridgehead atoms. The molecule has 0 N–H and O–H groups in total. The molecule has 1 aromatic carbocycles. The molecule has 1 fully saturated rings. The maximum absolute atomic E-state index is 5.72. The first-order valence-electron chi connectivity index (χ1n) is 8.10. The third-order valence-corrected chi connectivity index (χ3v) is 4.55. The predicted octanol–water partition coefficient (Wildman–Crippen LogP) is 1.63. The number of anilines is 1. The van der Waals surface area contributed by atoms with Crippen molar-refractivity contribution in [3.05, 3.63) is 35.9 Å². The minimum atomic E-state index is 0.266. The highest BCUT2D eigenvalue weighted by Crippen LogP contribution is 2.39. The summed E-state index contributed by atoms with van der Waals surface area (Å²) in [4.78, 5) is 2.30. The average Bonchev–Trinajstić information content (AvgIpc) is 3.29. The van der Waals surface area contributed by atoms with Gasteiger partial charge in [0.1, 0.15) is 13.2 Å². The van der Waals surface area contributed by atoms with Crippen LogP contribution in [0.4, 0.5) is 5.82 Å². The van der Waals surface area contributed by atoms with Gasteiger partial charge in [-0.1, -0.05) is 6.07 Å². The number of tetrazole rings is 1. The lowest BCUT2D eigenvalue weighted by atomic mass is 10.0. The number of ether oxygens (including phenoxy) is 2. The topological polar surface area (TPSA) is 77.7 Å². The Kier molecular flexibility index (Phi) is 3.00. The van der Waals surface area contributed by atoms with Gasteiger partial charge in [0.25, 0.3) is 0 Å². The summed E-state index contributed by atoms with van der Waals surface area (Å²) in [5.74, 6) is 2.53. The molecule has 2 aliphatic rings. The molecule has 122 valence electrons. The molecule has 0 radical (unpaired) electrons. The number of fused-ring (bicyclic) bond motifs is 2. The van der Waals surface area contributed by atoms with Crippen molar-refractivity contribution in [1.82, 2.24) is 25.3 Å². The van der Waals surface area contributed by atoms with E-state index in [1.807, 2.05) is 18.2 Å². The van der Waals surface area contributed by atoms with Crippen LogP contribution in [0.15, 0.2) is 30.3 Å². The monoisotopic (exact) mass is 324 g/mol. The van der Waals surface area contributed by atoms with E-state index in [1.165, 1.54) is 10.2 Å². The standard InChI is InChI=1S/C16H16N6O2/c1-2-12(11-3-4-13-14(10-11)24-9-8-23-13)21(7-1)16-6-5-15-17-19-20-22(15)18-16/h3-6,10,12H,1-2,7-9H2/t12-/m0/s1. The van der Waals surface area contributed by atoms with E-state index in [0.29, 0.717) is 18.9 Å². The van der Waals surface area contributed by atoms with Crippen LogP contribution in [0.5, 0.6) is 11.5 Å². The Balaban J connectivity index is 1.50. The second-order valence-electron chi connectivity index (χ2n) is 5.97. The molecule has 0 aliphatic carbocycles. The van der Waals surface area contributed by atoms with E-state index in [1.54, 1.807) is 0 Å². The summed E-state index contributed by atoms with van der Waals surface area (Å²) in [6.45, 7) is 2.17. The van der Waals surface area contributed by atoms with E-state index in [0.717, 1.165) is 36.7 Å². The van der Waals surface area contributed by atoms with Crippen LogP contribution in [0.25, 0.3) is 5.65 Å². The molecule has 8 nitrogen and oxygen atoms in total. The minimum absolute atomic E-state index is 0.266. The van der Waals surface area contributed by atoms with Crippen LogP contribution >= 0.6 is 0 Å². The summed E-state index contributed by atoms with van der Waals surface area (Å²) in [6.07, 6.45) is 2.20. The highest BCUT2D eigenvalue weighted by atomic mass is 16.6. The van der Waals surface area contributed by atoms with E-state index in [4.69, 9.17) is 9.47 Å². The van der Waals surface area contributed by atoms with E-state index in [-0.39, 0.29) is 6.04 Å². The molecular weight excluding hydrogens is 308 g/mol. The van der Waals surface area contributed by atoms with Crippen molar-refractivity contribution in [3.8, 4) is 11.5 Å². The van der Waals surface area contributed by atoms with Crippen LogP contribution in [0.1, 0.15) is 24.4 Å². The van der Waals surface area contributed by atoms with Gasteiger partial charge in [0.05, 0.1) is 6.04 Å². The lowest BCUT2D eigenvalue weighted by molar-refractivity contribution is 0.171. The molecule has 5 rings (SSSR count). The smallest absolute Gasteiger partial charge is 0.200 e. The highest BCUT2D eigenvalue weighted by Gasteiger charge is 2.28. The molecule has 2 aromatic heterocycles. The molecule has 1 saturated heterocycles. The van der Waals surface area contributed by atoms with Gasteiger partial charge in [0.15, 0.2) is 23.0 Å². The first kappa shape index (κ1) is 13.5. The Morgan fingerprint density at radius 3 is 2.92 bits per heavy atom. The Labute approximate surface area is 138 Å². The number of rotatable bonds is 2. The average molecular weight is 324 g/mol. The van der Waals surface area contributed by atoms with Gasteiger partial charge in [-0.05, 0) is 53.1 Å². The lowest BCUT2D eigenvalue weighted by Crippen LogP contribution is -2.24. The minimum Gasteiger partial charge on any atom is -0.486 e. The summed E-state index contributed by atoms with van der Waals surface area (Å²) in [7, 11) is 0. The Morgan fingerprint density at radius 2 is 1.96 bits per heavy atom. The molecular formula is C16H16N6O2.